The molecule has 7 heteroatoms. The van der Waals surface area contributed by atoms with Gasteiger partial charge in [0.1, 0.15) is 5.82 Å². The van der Waals surface area contributed by atoms with Gasteiger partial charge >= 0.3 is 0 Å². The molecule has 0 saturated carbocycles. The van der Waals surface area contributed by atoms with Crippen LogP contribution >= 0.6 is 11.3 Å². The Bertz CT molecular complexity index is 971. The van der Waals surface area contributed by atoms with Crippen LogP contribution in [0.25, 0.3) is 16.9 Å². The maximum absolute atomic E-state index is 12.2. The summed E-state index contributed by atoms with van der Waals surface area (Å²) in [6.07, 6.45) is 5.03. The van der Waals surface area contributed by atoms with Crippen molar-refractivity contribution in [3.05, 3.63) is 59.1 Å². The van der Waals surface area contributed by atoms with Crippen molar-refractivity contribution in [1.29, 1.82) is 0 Å². The van der Waals surface area contributed by atoms with E-state index in [0.717, 1.165) is 11.3 Å². The summed E-state index contributed by atoms with van der Waals surface area (Å²) < 4.78 is 6.96. The molecule has 0 aromatic carbocycles. The van der Waals surface area contributed by atoms with E-state index in [4.69, 9.17) is 4.42 Å². The van der Waals surface area contributed by atoms with Crippen LogP contribution < -0.4 is 5.32 Å². The van der Waals surface area contributed by atoms with E-state index in [9.17, 15) is 4.79 Å². The van der Waals surface area contributed by atoms with Crippen LogP contribution in [0.4, 0.5) is 5.82 Å². The highest BCUT2D eigenvalue weighted by Gasteiger charge is 2.16. The first-order chi connectivity index (χ1) is 11.2. The Morgan fingerprint density at radius 1 is 1.39 bits per heavy atom. The third-order valence-electron chi connectivity index (χ3n) is 3.48. The van der Waals surface area contributed by atoms with Crippen molar-refractivity contribution in [2.24, 2.45) is 0 Å². The summed E-state index contributed by atoms with van der Waals surface area (Å²) in [7, 11) is 0. The fourth-order valence-electron chi connectivity index (χ4n) is 2.36. The molecule has 0 atom stereocenters. The predicted octanol–water partition coefficient (Wildman–Crippen LogP) is 3.61. The minimum atomic E-state index is -0.311. The highest BCUT2D eigenvalue weighted by molar-refractivity contribution is 7.08. The third kappa shape index (κ3) is 2.40. The van der Waals surface area contributed by atoms with Crippen LogP contribution in [0.2, 0.25) is 0 Å². The molecule has 0 fully saturated rings. The third-order valence-corrected chi connectivity index (χ3v) is 4.16. The minimum absolute atomic E-state index is 0.256. The number of carbonyl (C=O) groups is 1. The quantitative estimate of drug-likeness (QED) is 0.625. The molecule has 6 nitrogen and oxygen atoms in total. The predicted molar refractivity (Wildman–Crippen MR) is 87.7 cm³/mol. The molecule has 0 spiro atoms. The molecule has 0 aliphatic rings. The van der Waals surface area contributed by atoms with Gasteiger partial charge in [0.05, 0.1) is 23.8 Å². The lowest BCUT2D eigenvalue weighted by molar-refractivity contribution is 0.0996. The second-order valence-corrected chi connectivity index (χ2v) is 5.77. The van der Waals surface area contributed by atoms with Gasteiger partial charge < -0.3 is 9.73 Å². The zero-order valence-electron chi connectivity index (χ0n) is 12.2. The monoisotopic (exact) mass is 324 g/mol. The van der Waals surface area contributed by atoms with Crippen molar-refractivity contribution in [3.8, 4) is 11.3 Å². The molecule has 4 rings (SSSR count). The lowest BCUT2D eigenvalue weighted by atomic mass is 10.2. The number of rotatable bonds is 3. The van der Waals surface area contributed by atoms with Crippen molar-refractivity contribution in [3.63, 3.8) is 0 Å². The Balaban J connectivity index is 1.77. The van der Waals surface area contributed by atoms with E-state index in [1.165, 1.54) is 6.26 Å². The summed E-state index contributed by atoms with van der Waals surface area (Å²) in [4.78, 5) is 21.1. The van der Waals surface area contributed by atoms with Crippen molar-refractivity contribution in [2.75, 3.05) is 5.32 Å². The number of thiophene rings is 1. The fraction of sp³-hybridized carbons (Fsp3) is 0.0625. The smallest absolute Gasteiger partial charge is 0.292 e. The van der Waals surface area contributed by atoms with E-state index in [-0.39, 0.29) is 11.7 Å². The molecule has 23 heavy (non-hydrogen) atoms. The van der Waals surface area contributed by atoms with Crippen LogP contribution in [0.15, 0.2) is 52.0 Å². The average molecular weight is 324 g/mol. The number of nitrogens with zero attached hydrogens (tertiary/aromatic N) is 3. The Labute approximate surface area is 135 Å². The van der Waals surface area contributed by atoms with Crippen molar-refractivity contribution < 1.29 is 9.21 Å². The van der Waals surface area contributed by atoms with E-state index in [0.29, 0.717) is 17.2 Å². The number of anilines is 1. The molecule has 0 unspecified atom stereocenters. The summed E-state index contributed by atoms with van der Waals surface area (Å²) in [5.74, 6) is 0.556. The van der Waals surface area contributed by atoms with E-state index in [1.54, 1.807) is 29.7 Å². The number of furan rings is 1. The summed E-state index contributed by atoms with van der Waals surface area (Å²) in [6.45, 7) is 1.84. The number of hydrogen-bond acceptors (Lipinski definition) is 5. The first-order valence-electron chi connectivity index (χ1n) is 6.94. The Hall–Kier alpha value is -2.93. The van der Waals surface area contributed by atoms with Gasteiger partial charge in [-0.1, -0.05) is 0 Å². The first kappa shape index (κ1) is 13.7. The second kappa shape index (κ2) is 5.36. The van der Waals surface area contributed by atoms with Gasteiger partial charge in [0.25, 0.3) is 5.91 Å². The zero-order valence-corrected chi connectivity index (χ0v) is 13.0. The largest absolute Gasteiger partial charge is 0.459 e. The molecule has 0 radical (unpaired) electrons. The molecule has 1 amide bonds. The molecule has 0 saturated heterocycles. The molecule has 4 aromatic heterocycles. The summed E-state index contributed by atoms with van der Waals surface area (Å²) in [6, 6.07) is 5.30. The molecule has 4 heterocycles. The second-order valence-electron chi connectivity index (χ2n) is 4.99. The highest BCUT2D eigenvalue weighted by atomic mass is 32.1. The van der Waals surface area contributed by atoms with E-state index in [1.807, 2.05) is 34.3 Å². The zero-order chi connectivity index (χ0) is 15.8. The van der Waals surface area contributed by atoms with Crippen LogP contribution in [0, 0.1) is 6.92 Å². The van der Waals surface area contributed by atoms with E-state index in [2.05, 4.69) is 15.3 Å². The minimum Gasteiger partial charge on any atom is -0.459 e. The highest BCUT2D eigenvalue weighted by Crippen LogP contribution is 2.24. The van der Waals surface area contributed by atoms with Gasteiger partial charge in [-0.25, -0.2) is 4.98 Å². The van der Waals surface area contributed by atoms with Gasteiger partial charge in [-0.2, -0.15) is 11.3 Å². The number of aromatic nitrogens is 3. The number of aryl methyl sites for hydroxylation is 1. The van der Waals surface area contributed by atoms with Crippen molar-refractivity contribution in [2.45, 2.75) is 6.92 Å². The maximum Gasteiger partial charge on any atom is 0.292 e. The van der Waals surface area contributed by atoms with Gasteiger partial charge in [-0.3, -0.25) is 14.2 Å². The topological polar surface area (TPSA) is 72.4 Å². The number of nitrogens with one attached hydrogen (secondary N) is 1. The van der Waals surface area contributed by atoms with Gasteiger partial charge in [-0.15, -0.1) is 0 Å². The lowest BCUT2D eigenvalue weighted by Crippen LogP contribution is -2.13. The molecular formula is C16H12N4O2S. The summed E-state index contributed by atoms with van der Waals surface area (Å²) in [5, 5.41) is 6.88. The molecule has 1 N–H and O–H groups in total. The SMILES string of the molecule is Cc1nc2cnc(-c3ccsc3)cn2c1NC(=O)c1ccco1. The van der Waals surface area contributed by atoms with Gasteiger partial charge in [0.2, 0.25) is 0 Å². The molecule has 0 aliphatic heterocycles. The molecule has 0 bridgehead atoms. The molecule has 114 valence electrons. The van der Waals surface area contributed by atoms with Crippen LogP contribution in [-0.2, 0) is 0 Å². The van der Waals surface area contributed by atoms with Crippen LogP contribution in [-0.4, -0.2) is 20.3 Å². The van der Waals surface area contributed by atoms with Gasteiger partial charge in [0, 0.05) is 17.1 Å². The molecule has 0 aliphatic carbocycles. The van der Waals surface area contributed by atoms with Gasteiger partial charge in [0.15, 0.2) is 11.4 Å². The molecule has 4 aromatic rings. The van der Waals surface area contributed by atoms with Crippen molar-refractivity contribution >= 4 is 28.7 Å². The average Bonchev–Trinajstić information content (AvgIpc) is 3.28. The van der Waals surface area contributed by atoms with E-state index < -0.39 is 0 Å². The number of hydrogen-bond donors (Lipinski definition) is 1. The Morgan fingerprint density at radius 3 is 3.04 bits per heavy atom. The summed E-state index contributed by atoms with van der Waals surface area (Å²) >= 11 is 1.61. The van der Waals surface area contributed by atoms with Crippen LogP contribution in [0.3, 0.4) is 0 Å². The lowest BCUT2D eigenvalue weighted by Gasteiger charge is -2.05. The van der Waals surface area contributed by atoms with Crippen LogP contribution in [0.5, 0.6) is 0 Å². The number of imidazole rings is 1. The van der Waals surface area contributed by atoms with E-state index >= 15 is 0 Å². The Morgan fingerprint density at radius 2 is 2.30 bits per heavy atom. The number of carbonyl (C=O) groups excluding carboxylic acids is 1. The first-order valence-corrected chi connectivity index (χ1v) is 7.89. The molecular weight excluding hydrogens is 312 g/mol. The number of amides is 1. The van der Waals surface area contributed by atoms with Crippen LogP contribution in [0.1, 0.15) is 16.2 Å². The summed E-state index contributed by atoms with van der Waals surface area (Å²) in [5.41, 5.74) is 3.25. The van der Waals surface area contributed by atoms with Crippen molar-refractivity contribution in [1.82, 2.24) is 14.4 Å². The number of fused-ring (bicyclic) bond motifs is 1. The Kier molecular flexibility index (Phi) is 3.20. The standard InChI is InChI=1S/C16H12N4O2S/c1-10-15(19-16(21)13-3-2-5-22-13)20-8-12(11-4-6-23-9-11)17-7-14(20)18-10/h2-9H,1H3,(H,19,21). The maximum atomic E-state index is 12.2. The van der Waals surface area contributed by atoms with Gasteiger partial charge in [-0.05, 0) is 30.5 Å². The normalized spacial score (nSPS) is 11.0. The fourth-order valence-corrected chi connectivity index (χ4v) is 3.01.